The summed E-state index contributed by atoms with van der Waals surface area (Å²) >= 11 is 0. The molecule has 1 fully saturated rings. The van der Waals surface area contributed by atoms with Crippen molar-refractivity contribution < 1.29 is 5.11 Å². The van der Waals surface area contributed by atoms with Crippen molar-refractivity contribution in [2.45, 2.75) is 47.1 Å². The van der Waals surface area contributed by atoms with Gasteiger partial charge in [0.15, 0.2) is 0 Å². The van der Waals surface area contributed by atoms with Crippen LogP contribution in [0.25, 0.3) is 0 Å². The zero-order chi connectivity index (χ0) is 20.3. The van der Waals surface area contributed by atoms with Gasteiger partial charge in [-0.3, -0.25) is 4.90 Å². The predicted octanol–water partition coefficient (Wildman–Crippen LogP) is 3.13. The minimum Gasteiger partial charge on any atom is -0.392 e. The van der Waals surface area contributed by atoms with E-state index in [-0.39, 0.29) is 6.10 Å². The van der Waals surface area contributed by atoms with Gasteiger partial charge in [-0.25, -0.2) is 9.97 Å². The largest absolute Gasteiger partial charge is 0.392 e. The van der Waals surface area contributed by atoms with Gasteiger partial charge in [-0.05, 0) is 37.8 Å². The van der Waals surface area contributed by atoms with Gasteiger partial charge in [-0.2, -0.15) is 0 Å². The molecule has 1 N–H and O–H groups in total. The average molecular weight is 383 g/mol. The summed E-state index contributed by atoms with van der Waals surface area (Å²) in [6.07, 6.45) is 0.604. The topological polar surface area (TPSA) is 52.5 Å². The van der Waals surface area contributed by atoms with E-state index in [9.17, 15) is 5.11 Å². The van der Waals surface area contributed by atoms with E-state index in [4.69, 9.17) is 4.98 Å². The fourth-order valence-electron chi connectivity index (χ4n) is 3.80. The molecule has 152 valence electrons. The van der Waals surface area contributed by atoms with Gasteiger partial charge in [-0.15, -0.1) is 0 Å². The van der Waals surface area contributed by atoms with E-state index in [0.29, 0.717) is 5.92 Å². The molecule has 0 spiro atoms. The number of aromatic nitrogens is 2. The molecule has 1 unspecified atom stereocenters. The third kappa shape index (κ3) is 4.89. The lowest BCUT2D eigenvalue weighted by Gasteiger charge is -2.37. The Labute approximate surface area is 169 Å². The Bertz CT molecular complexity index is 797. The molecule has 1 aromatic heterocycles. The van der Waals surface area contributed by atoms with E-state index in [2.05, 4.69) is 66.7 Å². The van der Waals surface area contributed by atoms with Gasteiger partial charge in [0.1, 0.15) is 11.6 Å². The van der Waals surface area contributed by atoms with Crippen LogP contribution < -0.4 is 4.90 Å². The summed E-state index contributed by atoms with van der Waals surface area (Å²) in [7, 11) is 0. The second-order valence-electron chi connectivity index (χ2n) is 8.36. The molecule has 5 heteroatoms. The highest BCUT2D eigenvalue weighted by Crippen LogP contribution is 2.26. The minimum atomic E-state index is -0.258. The number of aryl methyl sites for hydroxylation is 3. The molecule has 1 atom stereocenters. The molecule has 1 aliphatic heterocycles. The first kappa shape index (κ1) is 20.7. The van der Waals surface area contributed by atoms with Crippen molar-refractivity contribution in [3.63, 3.8) is 0 Å². The molecule has 2 aromatic rings. The molecule has 0 saturated carbocycles. The molecule has 1 saturated heterocycles. The van der Waals surface area contributed by atoms with Crippen LogP contribution in [0.4, 0.5) is 5.82 Å². The molecule has 0 radical (unpaired) electrons. The summed E-state index contributed by atoms with van der Waals surface area (Å²) in [4.78, 5) is 14.3. The fraction of sp³-hybridized carbons (Fsp3) is 0.565. The average Bonchev–Trinajstić information content (AvgIpc) is 2.65. The maximum atomic E-state index is 10.2. The maximum absolute atomic E-state index is 10.2. The Hall–Kier alpha value is -1.98. The Balaban J connectivity index is 1.78. The number of piperazine rings is 1. The summed E-state index contributed by atoms with van der Waals surface area (Å²) in [6, 6.07) is 8.55. The van der Waals surface area contributed by atoms with Crippen molar-refractivity contribution in [3.05, 3.63) is 52.5 Å². The molecule has 0 amide bonds. The number of aliphatic hydroxyl groups is 1. The summed E-state index contributed by atoms with van der Waals surface area (Å²) in [6.45, 7) is 14.9. The van der Waals surface area contributed by atoms with Gasteiger partial charge in [0, 0.05) is 50.4 Å². The third-order valence-electron chi connectivity index (χ3n) is 5.82. The highest BCUT2D eigenvalue weighted by molar-refractivity contribution is 5.52. The zero-order valence-electron chi connectivity index (χ0n) is 17.9. The van der Waals surface area contributed by atoms with E-state index < -0.39 is 0 Å². The van der Waals surface area contributed by atoms with Crippen molar-refractivity contribution in [2.24, 2.45) is 5.92 Å². The molecule has 0 aliphatic carbocycles. The summed E-state index contributed by atoms with van der Waals surface area (Å²) in [5, 5.41) is 10.2. The lowest BCUT2D eigenvalue weighted by molar-refractivity contribution is 0.0738. The summed E-state index contributed by atoms with van der Waals surface area (Å²) in [5.74, 6) is 2.21. The first-order valence-corrected chi connectivity index (χ1v) is 10.4. The fourth-order valence-corrected chi connectivity index (χ4v) is 3.80. The van der Waals surface area contributed by atoms with E-state index >= 15 is 0 Å². The van der Waals surface area contributed by atoms with Crippen molar-refractivity contribution >= 4 is 5.82 Å². The molecule has 3 rings (SSSR count). The molecule has 1 aliphatic rings. The maximum Gasteiger partial charge on any atom is 0.136 e. The highest BCUT2D eigenvalue weighted by Gasteiger charge is 2.24. The van der Waals surface area contributed by atoms with Crippen LogP contribution >= 0.6 is 0 Å². The molecule has 2 heterocycles. The minimum absolute atomic E-state index is 0.258. The number of benzene rings is 1. The van der Waals surface area contributed by atoms with Crippen LogP contribution in [0.1, 0.15) is 42.1 Å². The molecule has 0 bridgehead atoms. The zero-order valence-corrected chi connectivity index (χ0v) is 17.9. The number of aliphatic hydroxyl groups excluding tert-OH is 1. The molecule has 28 heavy (non-hydrogen) atoms. The second-order valence-corrected chi connectivity index (χ2v) is 8.36. The lowest BCUT2D eigenvalue weighted by Crippen LogP contribution is -2.49. The van der Waals surface area contributed by atoms with Crippen LogP contribution in [0.3, 0.4) is 0 Å². The third-order valence-corrected chi connectivity index (χ3v) is 5.82. The second kappa shape index (κ2) is 9.01. The standard InChI is InChI=1S/C23H34N4O/c1-16(2)22(28)15-26-10-12-27(13-11-26)23-21(18(4)24-19(5)25-23)14-20-9-7-6-8-17(20)3/h6-9,16,22,28H,10-15H2,1-5H3. The Morgan fingerprint density at radius 2 is 1.68 bits per heavy atom. The number of hydrogen-bond donors (Lipinski definition) is 1. The van der Waals surface area contributed by atoms with Crippen molar-refractivity contribution in [3.8, 4) is 0 Å². The number of β-amino-alcohol motifs (C(OH)–C–C–N with tert-alkyl or cyclic N) is 1. The molecule has 5 nitrogen and oxygen atoms in total. The van der Waals surface area contributed by atoms with E-state index in [1.807, 2.05) is 6.92 Å². The monoisotopic (exact) mass is 382 g/mol. The van der Waals surface area contributed by atoms with Gasteiger partial charge >= 0.3 is 0 Å². The number of anilines is 1. The van der Waals surface area contributed by atoms with Crippen molar-refractivity contribution in [2.75, 3.05) is 37.6 Å². The van der Waals surface area contributed by atoms with Crippen LogP contribution in [0.5, 0.6) is 0 Å². The van der Waals surface area contributed by atoms with Gasteiger partial charge in [0.05, 0.1) is 6.10 Å². The smallest absolute Gasteiger partial charge is 0.136 e. The van der Waals surface area contributed by atoms with Gasteiger partial charge in [0.25, 0.3) is 0 Å². The lowest BCUT2D eigenvalue weighted by atomic mass is 9.99. The van der Waals surface area contributed by atoms with E-state index in [1.54, 1.807) is 0 Å². The van der Waals surface area contributed by atoms with Gasteiger partial charge in [-0.1, -0.05) is 38.1 Å². The summed E-state index contributed by atoms with van der Waals surface area (Å²) in [5.41, 5.74) is 4.94. The van der Waals surface area contributed by atoms with E-state index in [1.165, 1.54) is 16.7 Å². The molecule has 1 aromatic carbocycles. The van der Waals surface area contributed by atoms with Crippen molar-refractivity contribution in [1.82, 2.24) is 14.9 Å². The first-order valence-electron chi connectivity index (χ1n) is 10.4. The van der Waals surface area contributed by atoms with Crippen molar-refractivity contribution in [1.29, 1.82) is 0 Å². The van der Waals surface area contributed by atoms with Crippen LogP contribution in [0.2, 0.25) is 0 Å². The number of rotatable bonds is 6. The van der Waals surface area contributed by atoms with E-state index in [0.717, 1.165) is 56.5 Å². The summed E-state index contributed by atoms with van der Waals surface area (Å²) < 4.78 is 0. The number of nitrogens with zero attached hydrogens (tertiary/aromatic N) is 4. The van der Waals surface area contributed by atoms with Crippen LogP contribution in [-0.2, 0) is 6.42 Å². The molecular weight excluding hydrogens is 348 g/mol. The van der Waals surface area contributed by atoms with Gasteiger partial charge < -0.3 is 10.0 Å². The SMILES string of the molecule is Cc1nc(C)c(Cc2ccccc2C)c(N2CCN(CC(O)C(C)C)CC2)n1. The van der Waals surface area contributed by atoms with Crippen LogP contribution in [0.15, 0.2) is 24.3 Å². The Morgan fingerprint density at radius 1 is 1.00 bits per heavy atom. The highest BCUT2D eigenvalue weighted by atomic mass is 16.3. The van der Waals surface area contributed by atoms with Crippen LogP contribution in [-0.4, -0.2) is 58.8 Å². The first-order chi connectivity index (χ1) is 13.3. The normalized spacial score (nSPS) is 16.6. The predicted molar refractivity (Wildman–Crippen MR) is 115 cm³/mol. The Kier molecular flexibility index (Phi) is 6.68. The van der Waals surface area contributed by atoms with Gasteiger partial charge in [0.2, 0.25) is 0 Å². The number of hydrogen-bond acceptors (Lipinski definition) is 5. The quantitative estimate of drug-likeness (QED) is 0.832. The van der Waals surface area contributed by atoms with Crippen LogP contribution in [0, 0.1) is 26.7 Å². The molecular formula is C23H34N4O. The Morgan fingerprint density at radius 3 is 2.32 bits per heavy atom.